The first-order chi connectivity index (χ1) is 8.97. The number of rotatable bonds is 3. The van der Waals surface area contributed by atoms with Gasteiger partial charge < -0.3 is 5.73 Å². The summed E-state index contributed by atoms with van der Waals surface area (Å²) in [5, 5.41) is 4.17. The van der Waals surface area contributed by atoms with Crippen molar-refractivity contribution in [3.63, 3.8) is 0 Å². The zero-order valence-electron chi connectivity index (χ0n) is 11.3. The van der Waals surface area contributed by atoms with Gasteiger partial charge >= 0.3 is 0 Å². The molecular weight excluding hydrogens is 248 g/mol. The van der Waals surface area contributed by atoms with Crippen molar-refractivity contribution in [3.05, 3.63) is 34.9 Å². The van der Waals surface area contributed by atoms with Gasteiger partial charge in [0.25, 0.3) is 0 Å². The quantitative estimate of drug-likeness (QED) is 0.926. The molecule has 5 heteroatoms. The third kappa shape index (κ3) is 2.20. The molecule has 2 rings (SSSR count). The number of hydrogen-bond acceptors (Lipinski definition) is 2. The van der Waals surface area contributed by atoms with Crippen LogP contribution in [0.3, 0.4) is 0 Å². The van der Waals surface area contributed by atoms with E-state index < -0.39 is 11.6 Å². The SMILES string of the molecule is CCCc1c(-c2c(F)ccc(C)c2F)nn(C)c1N. The Hall–Kier alpha value is -1.91. The van der Waals surface area contributed by atoms with Gasteiger partial charge in [-0.15, -0.1) is 0 Å². The van der Waals surface area contributed by atoms with E-state index in [4.69, 9.17) is 5.73 Å². The summed E-state index contributed by atoms with van der Waals surface area (Å²) in [5.41, 5.74) is 7.23. The van der Waals surface area contributed by atoms with E-state index in [0.29, 0.717) is 29.1 Å². The number of aryl methyl sites for hydroxylation is 2. The molecule has 3 nitrogen and oxygen atoms in total. The summed E-state index contributed by atoms with van der Waals surface area (Å²) in [6.45, 7) is 3.59. The molecule has 2 aromatic rings. The fraction of sp³-hybridized carbons (Fsp3) is 0.357. The third-order valence-corrected chi connectivity index (χ3v) is 3.21. The molecule has 0 aliphatic heterocycles. The smallest absolute Gasteiger partial charge is 0.138 e. The van der Waals surface area contributed by atoms with Crippen molar-refractivity contribution < 1.29 is 8.78 Å². The minimum Gasteiger partial charge on any atom is -0.384 e. The van der Waals surface area contributed by atoms with Gasteiger partial charge in [0, 0.05) is 12.6 Å². The number of aromatic nitrogens is 2. The maximum Gasteiger partial charge on any atom is 0.138 e. The maximum atomic E-state index is 14.2. The largest absolute Gasteiger partial charge is 0.384 e. The summed E-state index contributed by atoms with van der Waals surface area (Å²) in [7, 11) is 1.67. The predicted octanol–water partition coefficient (Wildman–Crippen LogP) is 3.21. The molecule has 0 saturated carbocycles. The van der Waals surface area contributed by atoms with Crippen LogP contribution >= 0.6 is 0 Å². The first-order valence-corrected chi connectivity index (χ1v) is 6.23. The van der Waals surface area contributed by atoms with Crippen LogP contribution < -0.4 is 5.73 Å². The van der Waals surface area contributed by atoms with Crippen LogP contribution in [0.5, 0.6) is 0 Å². The van der Waals surface area contributed by atoms with E-state index in [1.165, 1.54) is 16.8 Å². The van der Waals surface area contributed by atoms with Gasteiger partial charge in [-0.1, -0.05) is 19.4 Å². The van der Waals surface area contributed by atoms with Crippen LogP contribution in [-0.2, 0) is 13.5 Å². The maximum absolute atomic E-state index is 14.2. The molecule has 0 spiro atoms. The molecule has 0 aliphatic rings. The second kappa shape index (κ2) is 4.99. The number of nitrogens with zero attached hydrogens (tertiary/aromatic N) is 2. The van der Waals surface area contributed by atoms with E-state index in [-0.39, 0.29) is 5.56 Å². The monoisotopic (exact) mass is 265 g/mol. The molecule has 0 atom stereocenters. The number of nitrogens with two attached hydrogens (primary N) is 1. The van der Waals surface area contributed by atoms with Gasteiger partial charge in [-0.25, -0.2) is 8.78 Å². The minimum absolute atomic E-state index is 0.0873. The van der Waals surface area contributed by atoms with Crippen LogP contribution in [0.4, 0.5) is 14.6 Å². The Morgan fingerprint density at radius 2 is 2.00 bits per heavy atom. The summed E-state index contributed by atoms with van der Waals surface area (Å²) < 4.78 is 29.6. The zero-order chi connectivity index (χ0) is 14.2. The topological polar surface area (TPSA) is 43.8 Å². The minimum atomic E-state index is -0.612. The second-order valence-electron chi connectivity index (χ2n) is 4.64. The van der Waals surface area contributed by atoms with Gasteiger partial charge in [-0.05, 0) is 25.0 Å². The van der Waals surface area contributed by atoms with Gasteiger partial charge in [0.2, 0.25) is 0 Å². The number of hydrogen-bond donors (Lipinski definition) is 1. The molecule has 1 heterocycles. The second-order valence-corrected chi connectivity index (χ2v) is 4.64. The van der Waals surface area contributed by atoms with Crippen LogP contribution in [0.1, 0.15) is 24.5 Å². The number of benzene rings is 1. The van der Waals surface area contributed by atoms with Crippen molar-refractivity contribution >= 4 is 5.82 Å². The Morgan fingerprint density at radius 1 is 1.32 bits per heavy atom. The fourth-order valence-electron chi connectivity index (χ4n) is 2.15. The fourth-order valence-corrected chi connectivity index (χ4v) is 2.15. The molecule has 0 amide bonds. The van der Waals surface area contributed by atoms with Crippen molar-refractivity contribution in [3.8, 4) is 11.3 Å². The molecule has 0 bridgehead atoms. The Kier molecular flexibility index (Phi) is 3.55. The Balaban J connectivity index is 2.72. The summed E-state index contributed by atoms with van der Waals surface area (Å²) in [4.78, 5) is 0. The van der Waals surface area contributed by atoms with E-state index in [2.05, 4.69) is 5.10 Å². The van der Waals surface area contributed by atoms with Crippen molar-refractivity contribution in [2.75, 3.05) is 5.73 Å². The van der Waals surface area contributed by atoms with Gasteiger partial charge in [0.15, 0.2) is 0 Å². The Morgan fingerprint density at radius 3 is 2.63 bits per heavy atom. The summed E-state index contributed by atoms with van der Waals surface area (Å²) in [6, 6.07) is 2.67. The standard InChI is InChI=1S/C14H17F2N3/c1-4-5-9-13(18-19(3)14(9)17)11-10(15)7-6-8(2)12(11)16/h6-7H,4-5,17H2,1-3H3. The van der Waals surface area contributed by atoms with E-state index in [1.807, 2.05) is 6.92 Å². The van der Waals surface area contributed by atoms with Crippen molar-refractivity contribution in [2.24, 2.45) is 7.05 Å². The van der Waals surface area contributed by atoms with E-state index in [0.717, 1.165) is 6.42 Å². The molecule has 1 aromatic carbocycles. The van der Waals surface area contributed by atoms with E-state index in [1.54, 1.807) is 14.0 Å². The summed E-state index contributed by atoms with van der Waals surface area (Å²) in [6.07, 6.45) is 1.47. The van der Waals surface area contributed by atoms with Crippen molar-refractivity contribution in [1.29, 1.82) is 0 Å². The average molecular weight is 265 g/mol. The first-order valence-electron chi connectivity index (χ1n) is 6.23. The van der Waals surface area contributed by atoms with Crippen LogP contribution in [0.2, 0.25) is 0 Å². The molecule has 19 heavy (non-hydrogen) atoms. The van der Waals surface area contributed by atoms with Crippen LogP contribution in [0, 0.1) is 18.6 Å². The molecular formula is C14H17F2N3. The molecule has 2 N–H and O–H groups in total. The number of nitrogen functional groups attached to an aromatic ring is 1. The average Bonchev–Trinajstić information content (AvgIpc) is 2.63. The van der Waals surface area contributed by atoms with Crippen LogP contribution in [0.25, 0.3) is 11.3 Å². The zero-order valence-corrected chi connectivity index (χ0v) is 11.3. The molecule has 0 unspecified atom stereocenters. The Labute approximate surface area is 111 Å². The van der Waals surface area contributed by atoms with E-state index >= 15 is 0 Å². The highest BCUT2D eigenvalue weighted by Crippen LogP contribution is 2.32. The lowest BCUT2D eigenvalue weighted by Gasteiger charge is -2.07. The third-order valence-electron chi connectivity index (χ3n) is 3.21. The molecule has 102 valence electrons. The van der Waals surface area contributed by atoms with Crippen LogP contribution in [-0.4, -0.2) is 9.78 Å². The summed E-state index contributed by atoms with van der Waals surface area (Å²) >= 11 is 0. The Bertz CT molecular complexity index is 618. The summed E-state index contributed by atoms with van der Waals surface area (Å²) in [5.74, 6) is -0.730. The highest BCUT2D eigenvalue weighted by molar-refractivity contribution is 5.70. The molecule has 1 aromatic heterocycles. The van der Waals surface area contributed by atoms with Crippen molar-refractivity contribution in [1.82, 2.24) is 9.78 Å². The van der Waals surface area contributed by atoms with Gasteiger partial charge in [-0.3, -0.25) is 4.68 Å². The van der Waals surface area contributed by atoms with Crippen molar-refractivity contribution in [2.45, 2.75) is 26.7 Å². The molecule has 0 saturated heterocycles. The first kappa shape index (κ1) is 13.5. The van der Waals surface area contributed by atoms with E-state index in [9.17, 15) is 8.78 Å². The lowest BCUT2D eigenvalue weighted by Crippen LogP contribution is -1.99. The van der Waals surface area contributed by atoms with Gasteiger partial charge in [0.1, 0.15) is 23.1 Å². The molecule has 0 fully saturated rings. The lowest BCUT2D eigenvalue weighted by atomic mass is 10.0. The molecule has 0 aliphatic carbocycles. The predicted molar refractivity (Wildman–Crippen MR) is 71.7 cm³/mol. The van der Waals surface area contributed by atoms with Gasteiger partial charge in [-0.2, -0.15) is 5.10 Å². The van der Waals surface area contributed by atoms with Crippen LogP contribution in [0.15, 0.2) is 12.1 Å². The normalized spacial score (nSPS) is 11.0. The lowest BCUT2D eigenvalue weighted by molar-refractivity contribution is 0.581. The number of halogens is 2. The number of anilines is 1. The highest BCUT2D eigenvalue weighted by atomic mass is 19.1. The highest BCUT2D eigenvalue weighted by Gasteiger charge is 2.22. The van der Waals surface area contributed by atoms with Gasteiger partial charge in [0.05, 0.1) is 5.56 Å². The molecule has 0 radical (unpaired) electrons.